The number of benzene rings is 1. The first-order valence-electron chi connectivity index (χ1n) is 9.36. The fraction of sp³-hybridized carbons (Fsp3) is 0.524. The highest BCUT2D eigenvalue weighted by Crippen LogP contribution is 2.29. The number of carbonyl (C=O) groups is 1. The Morgan fingerprint density at radius 1 is 1.27 bits per heavy atom. The third-order valence-corrected chi connectivity index (χ3v) is 5.64. The molecule has 1 aromatic carbocycles. The van der Waals surface area contributed by atoms with E-state index in [2.05, 4.69) is 19.2 Å². The Balaban J connectivity index is 1.69. The Labute approximate surface area is 153 Å². The molecule has 1 heterocycles. The third kappa shape index (κ3) is 3.92. The quantitative estimate of drug-likeness (QED) is 0.845. The van der Waals surface area contributed by atoms with E-state index in [0.29, 0.717) is 23.2 Å². The molecule has 1 aliphatic carbocycles. The molecule has 26 heavy (non-hydrogen) atoms. The zero-order valence-corrected chi connectivity index (χ0v) is 15.9. The Morgan fingerprint density at radius 2 is 2.04 bits per heavy atom. The average Bonchev–Trinajstić information content (AvgIpc) is 2.58. The van der Waals surface area contributed by atoms with Gasteiger partial charge in [0.2, 0.25) is 0 Å². The monoisotopic (exact) mass is 357 g/mol. The zero-order valence-electron chi connectivity index (χ0n) is 15.9. The largest absolute Gasteiger partial charge is 0.481 e. The van der Waals surface area contributed by atoms with Gasteiger partial charge in [0.25, 0.3) is 5.91 Å². The first-order chi connectivity index (χ1) is 12.3. The summed E-state index contributed by atoms with van der Waals surface area (Å²) in [5, 5.41) is 4.00. The predicted molar refractivity (Wildman–Crippen MR) is 101 cm³/mol. The number of hydrogen-bond donors (Lipinski definition) is 1. The summed E-state index contributed by atoms with van der Waals surface area (Å²) < 4.78 is 11.0. The number of carbonyl (C=O) groups excluding carboxylic acids is 1. The molecule has 5 nitrogen and oxygen atoms in total. The predicted octanol–water partition coefficient (Wildman–Crippen LogP) is 3.81. The minimum Gasteiger partial charge on any atom is -0.481 e. The first-order valence-corrected chi connectivity index (χ1v) is 9.36. The van der Waals surface area contributed by atoms with Crippen molar-refractivity contribution in [2.45, 2.75) is 59.1 Å². The molecule has 1 N–H and O–H groups in total. The molecule has 4 atom stereocenters. The summed E-state index contributed by atoms with van der Waals surface area (Å²) in [5.74, 6) is 1.50. The highest BCUT2D eigenvalue weighted by molar-refractivity contribution is 5.83. The lowest BCUT2D eigenvalue weighted by molar-refractivity contribution is -0.128. The van der Waals surface area contributed by atoms with Crippen LogP contribution < -0.4 is 15.7 Å². The molecule has 0 bridgehead atoms. The number of rotatable bonds is 4. The van der Waals surface area contributed by atoms with Crippen LogP contribution >= 0.6 is 0 Å². The summed E-state index contributed by atoms with van der Waals surface area (Å²) in [6.45, 7) is 8.05. The molecule has 1 amide bonds. The molecule has 140 valence electrons. The molecule has 1 aromatic heterocycles. The van der Waals surface area contributed by atoms with E-state index in [1.54, 1.807) is 19.1 Å². The Kier molecular flexibility index (Phi) is 5.35. The van der Waals surface area contributed by atoms with E-state index in [1.807, 2.05) is 13.0 Å². The molecule has 0 radical (unpaired) electrons. The molecule has 0 spiro atoms. The van der Waals surface area contributed by atoms with E-state index in [0.717, 1.165) is 23.8 Å². The maximum atomic E-state index is 12.5. The van der Waals surface area contributed by atoms with Gasteiger partial charge < -0.3 is 14.5 Å². The lowest BCUT2D eigenvalue weighted by Gasteiger charge is -2.35. The molecule has 1 saturated carbocycles. The first kappa shape index (κ1) is 18.5. The normalized spacial score (nSPS) is 24.2. The third-order valence-electron chi connectivity index (χ3n) is 5.64. The van der Waals surface area contributed by atoms with Crippen LogP contribution in [0.1, 0.15) is 45.6 Å². The maximum Gasteiger partial charge on any atom is 0.336 e. The molecule has 3 rings (SSSR count). The Bertz CT molecular complexity index is 857. The molecule has 0 aliphatic heterocycles. The fourth-order valence-corrected chi connectivity index (χ4v) is 3.72. The summed E-state index contributed by atoms with van der Waals surface area (Å²) >= 11 is 0. The van der Waals surface area contributed by atoms with Crippen molar-refractivity contribution in [1.29, 1.82) is 0 Å². The van der Waals surface area contributed by atoms with Crippen LogP contribution in [-0.4, -0.2) is 18.1 Å². The molecule has 1 fully saturated rings. The minimum absolute atomic E-state index is 0.109. The molecular formula is C21H27NO4. The highest BCUT2D eigenvalue weighted by Gasteiger charge is 2.29. The summed E-state index contributed by atoms with van der Waals surface area (Å²) in [6, 6.07) is 6.97. The van der Waals surface area contributed by atoms with Gasteiger partial charge in [-0.05, 0) is 49.8 Å². The minimum atomic E-state index is -0.617. The van der Waals surface area contributed by atoms with Crippen molar-refractivity contribution in [2.24, 2.45) is 11.8 Å². The Morgan fingerprint density at radius 3 is 2.81 bits per heavy atom. The van der Waals surface area contributed by atoms with E-state index in [4.69, 9.17) is 9.15 Å². The van der Waals surface area contributed by atoms with E-state index in [9.17, 15) is 9.59 Å². The van der Waals surface area contributed by atoms with Crippen molar-refractivity contribution in [3.05, 3.63) is 40.2 Å². The van der Waals surface area contributed by atoms with Crippen LogP contribution in [0.3, 0.4) is 0 Å². The summed E-state index contributed by atoms with van der Waals surface area (Å²) in [7, 11) is 0. The number of nitrogens with one attached hydrogen (secondary N) is 1. The number of amides is 1. The molecule has 2 aromatic rings. The van der Waals surface area contributed by atoms with Crippen molar-refractivity contribution in [3.8, 4) is 5.75 Å². The standard InChI is InChI=1S/C21H27NO4/c1-12-6-5-7-18(14(12)3)22-21(24)15(4)25-16-8-9-17-13(2)10-20(23)26-19(17)11-16/h8-12,14-15,18H,5-7H2,1-4H3,(H,22,24)/t12-,14-,15-,18+/m0/s1. The number of hydrogen-bond acceptors (Lipinski definition) is 4. The maximum absolute atomic E-state index is 12.5. The van der Waals surface area contributed by atoms with Crippen LogP contribution in [0.4, 0.5) is 0 Å². The second-order valence-electron chi connectivity index (χ2n) is 7.55. The van der Waals surface area contributed by atoms with Crippen molar-refractivity contribution in [1.82, 2.24) is 5.32 Å². The molecular weight excluding hydrogens is 330 g/mol. The molecule has 0 saturated heterocycles. The summed E-state index contributed by atoms with van der Waals surface area (Å²) in [5.41, 5.74) is 0.933. The SMILES string of the molecule is Cc1cc(=O)oc2cc(O[C@@H](C)C(=O)N[C@@H]3CCC[C@H](C)[C@@H]3C)ccc12. The molecule has 1 aliphatic rings. The van der Waals surface area contributed by atoms with Crippen molar-refractivity contribution in [2.75, 3.05) is 0 Å². The Hall–Kier alpha value is -2.30. The van der Waals surface area contributed by atoms with Gasteiger partial charge in [-0.15, -0.1) is 0 Å². The number of fused-ring (bicyclic) bond motifs is 1. The van der Waals surface area contributed by atoms with Gasteiger partial charge in [0.15, 0.2) is 6.10 Å². The number of aryl methyl sites for hydroxylation is 1. The topological polar surface area (TPSA) is 68.5 Å². The van der Waals surface area contributed by atoms with E-state index in [-0.39, 0.29) is 11.9 Å². The lowest BCUT2D eigenvalue weighted by Crippen LogP contribution is -2.48. The zero-order chi connectivity index (χ0) is 18.8. The van der Waals surface area contributed by atoms with Gasteiger partial charge in [-0.25, -0.2) is 4.79 Å². The lowest BCUT2D eigenvalue weighted by atomic mass is 9.78. The van der Waals surface area contributed by atoms with Gasteiger partial charge in [-0.2, -0.15) is 0 Å². The van der Waals surface area contributed by atoms with E-state index >= 15 is 0 Å². The van der Waals surface area contributed by atoms with Gasteiger partial charge in [-0.1, -0.05) is 26.7 Å². The van der Waals surface area contributed by atoms with Crippen LogP contribution in [-0.2, 0) is 4.79 Å². The van der Waals surface area contributed by atoms with Crippen LogP contribution in [0.5, 0.6) is 5.75 Å². The van der Waals surface area contributed by atoms with Gasteiger partial charge in [-0.3, -0.25) is 4.79 Å². The molecule has 0 unspecified atom stereocenters. The average molecular weight is 357 g/mol. The van der Waals surface area contributed by atoms with Gasteiger partial charge in [0.05, 0.1) is 0 Å². The summed E-state index contributed by atoms with van der Waals surface area (Å²) in [4.78, 5) is 24.1. The van der Waals surface area contributed by atoms with Gasteiger partial charge >= 0.3 is 5.63 Å². The molecule has 5 heteroatoms. The van der Waals surface area contributed by atoms with Crippen molar-refractivity contribution < 1.29 is 13.9 Å². The summed E-state index contributed by atoms with van der Waals surface area (Å²) in [6.07, 6.45) is 2.77. The second-order valence-corrected chi connectivity index (χ2v) is 7.55. The van der Waals surface area contributed by atoms with Crippen LogP contribution in [0.25, 0.3) is 11.0 Å². The fourth-order valence-electron chi connectivity index (χ4n) is 3.72. The second kappa shape index (κ2) is 7.52. The van der Waals surface area contributed by atoms with E-state index in [1.165, 1.54) is 12.5 Å². The number of ether oxygens (including phenoxy) is 1. The van der Waals surface area contributed by atoms with Gasteiger partial charge in [0.1, 0.15) is 11.3 Å². The van der Waals surface area contributed by atoms with Crippen LogP contribution in [0, 0.1) is 18.8 Å². The smallest absolute Gasteiger partial charge is 0.336 e. The van der Waals surface area contributed by atoms with Gasteiger partial charge in [0, 0.05) is 23.6 Å². The van der Waals surface area contributed by atoms with Crippen LogP contribution in [0.15, 0.2) is 33.5 Å². The van der Waals surface area contributed by atoms with E-state index < -0.39 is 11.7 Å². The van der Waals surface area contributed by atoms with Crippen LogP contribution in [0.2, 0.25) is 0 Å². The highest BCUT2D eigenvalue weighted by atomic mass is 16.5. The van der Waals surface area contributed by atoms with Crippen molar-refractivity contribution >= 4 is 16.9 Å². The van der Waals surface area contributed by atoms with Crippen molar-refractivity contribution in [3.63, 3.8) is 0 Å².